The molecule has 0 spiro atoms. The van der Waals surface area contributed by atoms with Crippen LogP contribution in [0, 0.1) is 13.8 Å². The van der Waals surface area contributed by atoms with Crippen molar-refractivity contribution >= 4 is 22.6 Å². The molecule has 0 N–H and O–H groups in total. The number of nitrogens with zero attached hydrogens (tertiary/aromatic N) is 2. The predicted octanol–water partition coefficient (Wildman–Crippen LogP) is 3.64. The molecule has 0 radical (unpaired) electrons. The second kappa shape index (κ2) is 5.93. The van der Waals surface area contributed by atoms with E-state index in [1.54, 1.807) is 7.11 Å². The Labute approximate surface area is 119 Å². The van der Waals surface area contributed by atoms with Gasteiger partial charge in [-0.05, 0) is 44.0 Å². The molecule has 0 saturated heterocycles. The molecule has 1 unspecified atom stereocenters. The topological polar surface area (TPSA) is 27.1 Å². The molecule has 4 heteroatoms. The number of hydrogen-bond acceptors (Lipinski definition) is 2. The molecule has 1 atom stereocenters. The molecule has 0 aliphatic carbocycles. The van der Waals surface area contributed by atoms with Crippen LogP contribution in [0.3, 0.4) is 0 Å². The molecule has 0 saturated carbocycles. The maximum absolute atomic E-state index is 5.90. The SMILES string of the molecule is COCC(C)n1c(CCCl)nc2cc(C)c(C)cc21. The van der Waals surface area contributed by atoms with E-state index in [2.05, 4.69) is 37.5 Å². The summed E-state index contributed by atoms with van der Waals surface area (Å²) in [6.07, 6.45) is 0.780. The Morgan fingerprint density at radius 1 is 1.32 bits per heavy atom. The highest BCUT2D eigenvalue weighted by atomic mass is 35.5. The average molecular weight is 281 g/mol. The predicted molar refractivity (Wildman–Crippen MR) is 80.2 cm³/mol. The average Bonchev–Trinajstić information content (AvgIpc) is 2.68. The first-order valence-electron chi connectivity index (χ1n) is 6.61. The third-order valence-electron chi connectivity index (χ3n) is 3.54. The van der Waals surface area contributed by atoms with Gasteiger partial charge in [0, 0.05) is 19.4 Å². The summed E-state index contributed by atoms with van der Waals surface area (Å²) < 4.78 is 7.54. The quantitative estimate of drug-likeness (QED) is 0.782. The van der Waals surface area contributed by atoms with Gasteiger partial charge in [0.25, 0.3) is 0 Å². The van der Waals surface area contributed by atoms with Crippen LogP contribution in [-0.2, 0) is 11.2 Å². The van der Waals surface area contributed by atoms with Crippen LogP contribution in [0.15, 0.2) is 12.1 Å². The first-order valence-corrected chi connectivity index (χ1v) is 7.15. The fourth-order valence-corrected chi connectivity index (χ4v) is 2.64. The van der Waals surface area contributed by atoms with Crippen LogP contribution in [0.1, 0.15) is 29.9 Å². The number of benzene rings is 1. The van der Waals surface area contributed by atoms with Gasteiger partial charge in [-0.1, -0.05) is 0 Å². The number of rotatable bonds is 5. The zero-order valence-corrected chi connectivity index (χ0v) is 12.8. The number of methoxy groups -OCH3 is 1. The normalized spacial score (nSPS) is 13.1. The molecule has 104 valence electrons. The summed E-state index contributed by atoms with van der Waals surface area (Å²) in [5.74, 6) is 1.63. The van der Waals surface area contributed by atoms with E-state index in [9.17, 15) is 0 Å². The van der Waals surface area contributed by atoms with Crippen LogP contribution in [0.5, 0.6) is 0 Å². The second-order valence-corrected chi connectivity index (χ2v) is 5.44. The van der Waals surface area contributed by atoms with Gasteiger partial charge in [0.05, 0.1) is 23.7 Å². The van der Waals surface area contributed by atoms with Crippen molar-refractivity contribution in [2.24, 2.45) is 0 Å². The maximum Gasteiger partial charge on any atom is 0.111 e. The fourth-order valence-electron chi connectivity index (χ4n) is 2.47. The van der Waals surface area contributed by atoms with E-state index in [-0.39, 0.29) is 6.04 Å². The lowest BCUT2D eigenvalue weighted by Crippen LogP contribution is -2.14. The monoisotopic (exact) mass is 280 g/mol. The van der Waals surface area contributed by atoms with Crippen molar-refractivity contribution in [3.05, 3.63) is 29.1 Å². The fraction of sp³-hybridized carbons (Fsp3) is 0.533. The van der Waals surface area contributed by atoms with Gasteiger partial charge in [0.1, 0.15) is 5.82 Å². The molecule has 2 rings (SSSR count). The highest BCUT2D eigenvalue weighted by Gasteiger charge is 2.16. The van der Waals surface area contributed by atoms with E-state index in [1.165, 1.54) is 16.6 Å². The molecule has 3 nitrogen and oxygen atoms in total. The summed E-state index contributed by atoms with van der Waals surface area (Å²) in [5.41, 5.74) is 4.78. The van der Waals surface area contributed by atoms with Gasteiger partial charge >= 0.3 is 0 Å². The highest BCUT2D eigenvalue weighted by Crippen LogP contribution is 2.25. The lowest BCUT2D eigenvalue weighted by atomic mass is 10.1. The first-order chi connectivity index (χ1) is 9.08. The smallest absolute Gasteiger partial charge is 0.111 e. The zero-order valence-electron chi connectivity index (χ0n) is 12.0. The standard InChI is InChI=1S/C15H21ClN2O/c1-10-7-13-14(8-11(10)2)18(12(3)9-19-4)15(17-13)5-6-16/h7-8,12H,5-6,9H2,1-4H3. The Kier molecular flexibility index (Phi) is 4.48. The summed E-state index contributed by atoms with van der Waals surface area (Å²) in [6.45, 7) is 7.08. The molecule has 1 aromatic heterocycles. The molecule has 19 heavy (non-hydrogen) atoms. The van der Waals surface area contributed by atoms with E-state index < -0.39 is 0 Å². The Balaban J connectivity index is 2.61. The Bertz CT molecular complexity index is 577. The van der Waals surface area contributed by atoms with Gasteiger partial charge in [-0.3, -0.25) is 0 Å². The van der Waals surface area contributed by atoms with E-state index in [1.807, 2.05) is 0 Å². The number of aromatic nitrogens is 2. The zero-order chi connectivity index (χ0) is 14.0. The lowest BCUT2D eigenvalue weighted by Gasteiger charge is -2.17. The van der Waals surface area contributed by atoms with Crippen molar-refractivity contribution in [1.29, 1.82) is 0 Å². The van der Waals surface area contributed by atoms with E-state index in [0.717, 1.165) is 17.8 Å². The minimum atomic E-state index is 0.260. The van der Waals surface area contributed by atoms with Gasteiger partial charge < -0.3 is 9.30 Å². The van der Waals surface area contributed by atoms with Gasteiger partial charge in [-0.25, -0.2) is 4.98 Å². The summed E-state index contributed by atoms with van der Waals surface area (Å²) in [4.78, 5) is 4.73. The Morgan fingerprint density at radius 2 is 2.00 bits per heavy atom. The molecular weight excluding hydrogens is 260 g/mol. The molecule has 0 fully saturated rings. The molecule has 1 aromatic carbocycles. The third kappa shape index (κ3) is 2.77. The molecule has 2 aromatic rings. The van der Waals surface area contributed by atoms with Crippen LogP contribution >= 0.6 is 11.6 Å². The van der Waals surface area contributed by atoms with E-state index in [0.29, 0.717) is 12.5 Å². The number of halogens is 1. The molecule has 0 amide bonds. The van der Waals surface area contributed by atoms with Crippen molar-refractivity contribution in [3.63, 3.8) is 0 Å². The Morgan fingerprint density at radius 3 is 2.63 bits per heavy atom. The van der Waals surface area contributed by atoms with E-state index >= 15 is 0 Å². The number of imidazole rings is 1. The van der Waals surface area contributed by atoms with Crippen molar-refractivity contribution in [2.75, 3.05) is 19.6 Å². The van der Waals surface area contributed by atoms with Crippen molar-refractivity contribution in [2.45, 2.75) is 33.2 Å². The van der Waals surface area contributed by atoms with Crippen LogP contribution in [0.25, 0.3) is 11.0 Å². The number of alkyl halides is 1. The van der Waals surface area contributed by atoms with Crippen LogP contribution in [0.4, 0.5) is 0 Å². The van der Waals surface area contributed by atoms with Crippen molar-refractivity contribution < 1.29 is 4.74 Å². The minimum Gasteiger partial charge on any atom is -0.383 e. The molecular formula is C15H21ClN2O. The number of aryl methyl sites for hydroxylation is 3. The maximum atomic E-state index is 5.90. The molecule has 0 bridgehead atoms. The van der Waals surface area contributed by atoms with Crippen LogP contribution < -0.4 is 0 Å². The number of fused-ring (bicyclic) bond motifs is 1. The largest absolute Gasteiger partial charge is 0.383 e. The molecule has 0 aliphatic heterocycles. The number of ether oxygens (including phenoxy) is 1. The first kappa shape index (κ1) is 14.4. The van der Waals surface area contributed by atoms with Crippen LogP contribution in [0.2, 0.25) is 0 Å². The summed E-state index contributed by atoms with van der Waals surface area (Å²) in [6, 6.07) is 4.62. The minimum absolute atomic E-state index is 0.260. The molecule has 0 aliphatic rings. The molecule has 1 heterocycles. The second-order valence-electron chi connectivity index (χ2n) is 5.07. The number of hydrogen-bond donors (Lipinski definition) is 0. The lowest BCUT2D eigenvalue weighted by molar-refractivity contribution is 0.162. The van der Waals surface area contributed by atoms with Gasteiger partial charge in [-0.2, -0.15) is 0 Å². The third-order valence-corrected chi connectivity index (χ3v) is 3.73. The highest BCUT2D eigenvalue weighted by molar-refractivity contribution is 6.17. The van der Waals surface area contributed by atoms with Gasteiger partial charge in [0.2, 0.25) is 0 Å². The van der Waals surface area contributed by atoms with Crippen molar-refractivity contribution in [1.82, 2.24) is 9.55 Å². The Hall–Kier alpha value is -1.06. The van der Waals surface area contributed by atoms with Crippen LogP contribution in [-0.4, -0.2) is 29.1 Å². The van der Waals surface area contributed by atoms with Gasteiger partial charge in [-0.15, -0.1) is 11.6 Å². The van der Waals surface area contributed by atoms with Crippen molar-refractivity contribution in [3.8, 4) is 0 Å². The summed E-state index contributed by atoms with van der Waals surface area (Å²) >= 11 is 5.90. The summed E-state index contributed by atoms with van der Waals surface area (Å²) in [5, 5.41) is 0. The van der Waals surface area contributed by atoms with Gasteiger partial charge in [0.15, 0.2) is 0 Å². The van der Waals surface area contributed by atoms with E-state index in [4.69, 9.17) is 21.3 Å². The summed E-state index contributed by atoms with van der Waals surface area (Å²) in [7, 11) is 1.73.